The largest absolute Gasteiger partial charge is 0.481 e. The Bertz CT molecular complexity index is 286. The molecule has 0 aliphatic heterocycles. The zero-order chi connectivity index (χ0) is 11.4. The summed E-state index contributed by atoms with van der Waals surface area (Å²) in [5, 5.41) is 8.53. The maximum atomic E-state index is 11.1. The summed E-state index contributed by atoms with van der Waals surface area (Å²) in [6, 6.07) is 0. The number of nitrogens with one attached hydrogen (secondary N) is 1. The molecule has 14 heavy (non-hydrogen) atoms. The molecule has 6 nitrogen and oxygen atoms in total. The van der Waals surface area contributed by atoms with Crippen LogP contribution >= 0.6 is 0 Å². The van der Waals surface area contributed by atoms with Crippen LogP contribution in [0.1, 0.15) is 13.3 Å². The minimum Gasteiger partial charge on any atom is -0.481 e. The fraction of sp³-hybridized carbons (Fsp3) is 0.857. The van der Waals surface area contributed by atoms with Gasteiger partial charge in [-0.05, 0) is 6.42 Å². The number of hydrogen-bond donors (Lipinski definition) is 2. The van der Waals surface area contributed by atoms with Crippen molar-refractivity contribution in [2.24, 2.45) is 5.92 Å². The van der Waals surface area contributed by atoms with Gasteiger partial charge in [0.05, 0.1) is 5.92 Å². The molecule has 0 fully saturated rings. The second kappa shape index (κ2) is 5.28. The van der Waals surface area contributed by atoms with Crippen LogP contribution in [0.15, 0.2) is 0 Å². The van der Waals surface area contributed by atoms with E-state index in [1.165, 1.54) is 21.0 Å². The number of carbonyl (C=O) groups is 1. The summed E-state index contributed by atoms with van der Waals surface area (Å²) in [7, 11) is -0.618. The third-order valence-electron chi connectivity index (χ3n) is 1.76. The maximum absolute atomic E-state index is 11.1. The third kappa shape index (κ3) is 4.54. The van der Waals surface area contributed by atoms with Gasteiger partial charge < -0.3 is 5.11 Å². The van der Waals surface area contributed by atoms with Gasteiger partial charge >= 0.3 is 5.97 Å². The second-order valence-corrected chi connectivity index (χ2v) is 5.18. The first-order valence-corrected chi connectivity index (χ1v) is 5.61. The SMILES string of the molecule is CC(CCNS(=O)(=O)N(C)C)C(=O)O. The van der Waals surface area contributed by atoms with Crippen molar-refractivity contribution in [3.05, 3.63) is 0 Å². The average Bonchev–Trinajstić information content (AvgIpc) is 2.03. The van der Waals surface area contributed by atoms with Crippen LogP contribution in [-0.2, 0) is 15.0 Å². The normalized spacial score (nSPS) is 14.3. The molecule has 0 rings (SSSR count). The van der Waals surface area contributed by atoms with Gasteiger partial charge in [-0.2, -0.15) is 12.7 Å². The number of carboxylic acids is 1. The van der Waals surface area contributed by atoms with E-state index < -0.39 is 22.1 Å². The van der Waals surface area contributed by atoms with Crippen molar-refractivity contribution in [3.8, 4) is 0 Å². The summed E-state index contributed by atoms with van der Waals surface area (Å²) in [5.74, 6) is -1.46. The molecule has 0 radical (unpaired) electrons. The van der Waals surface area contributed by atoms with Gasteiger partial charge in [0, 0.05) is 20.6 Å². The van der Waals surface area contributed by atoms with Gasteiger partial charge in [-0.3, -0.25) is 4.79 Å². The number of hydrogen-bond acceptors (Lipinski definition) is 3. The molecule has 1 atom stereocenters. The lowest BCUT2D eigenvalue weighted by Crippen LogP contribution is -2.36. The van der Waals surface area contributed by atoms with Crippen LogP contribution in [0.4, 0.5) is 0 Å². The zero-order valence-electron chi connectivity index (χ0n) is 8.52. The molecule has 84 valence electrons. The maximum Gasteiger partial charge on any atom is 0.306 e. The Morgan fingerprint density at radius 3 is 2.36 bits per heavy atom. The van der Waals surface area contributed by atoms with Crippen molar-refractivity contribution in [1.29, 1.82) is 0 Å². The van der Waals surface area contributed by atoms with Crippen molar-refractivity contribution < 1.29 is 18.3 Å². The smallest absolute Gasteiger partial charge is 0.306 e. The number of aliphatic carboxylic acids is 1. The third-order valence-corrected chi connectivity index (χ3v) is 3.29. The van der Waals surface area contributed by atoms with E-state index in [9.17, 15) is 13.2 Å². The molecule has 0 saturated carbocycles. The van der Waals surface area contributed by atoms with Gasteiger partial charge in [0.1, 0.15) is 0 Å². The van der Waals surface area contributed by atoms with Crippen LogP contribution in [-0.4, -0.2) is 44.4 Å². The summed E-state index contributed by atoms with van der Waals surface area (Å²) in [5.41, 5.74) is 0. The Balaban J connectivity index is 3.92. The van der Waals surface area contributed by atoms with Crippen LogP contribution in [0.25, 0.3) is 0 Å². The topological polar surface area (TPSA) is 86.7 Å². The highest BCUT2D eigenvalue weighted by Gasteiger charge is 2.15. The van der Waals surface area contributed by atoms with Crippen LogP contribution in [0, 0.1) is 5.92 Å². The van der Waals surface area contributed by atoms with E-state index in [-0.39, 0.29) is 13.0 Å². The fourth-order valence-corrected chi connectivity index (χ4v) is 1.29. The monoisotopic (exact) mass is 224 g/mol. The molecule has 0 bridgehead atoms. The second-order valence-electron chi connectivity index (χ2n) is 3.21. The highest BCUT2D eigenvalue weighted by molar-refractivity contribution is 7.87. The predicted octanol–water partition coefficient (Wildman–Crippen LogP) is -0.507. The van der Waals surface area contributed by atoms with E-state index in [2.05, 4.69) is 4.72 Å². The van der Waals surface area contributed by atoms with E-state index in [1.807, 2.05) is 0 Å². The van der Waals surface area contributed by atoms with Crippen molar-refractivity contribution in [2.75, 3.05) is 20.6 Å². The first kappa shape index (κ1) is 13.3. The van der Waals surface area contributed by atoms with Crippen LogP contribution in [0.5, 0.6) is 0 Å². The van der Waals surface area contributed by atoms with E-state index in [1.54, 1.807) is 0 Å². The summed E-state index contributed by atoms with van der Waals surface area (Å²) in [6.07, 6.45) is 0.280. The minimum absolute atomic E-state index is 0.133. The van der Waals surface area contributed by atoms with E-state index >= 15 is 0 Å². The molecule has 0 heterocycles. The van der Waals surface area contributed by atoms with Crippen molar-refractivity contribution >= 4 is 16.2 Å². The van der Waals surface area contributed by atoms with E-state index in [0.717, 1.165) is 4.31 Å². The predicted molar refractivity (Wildman–Crippen MR) is 52.0 cm³/mol. The number of rotatable bonds is 6. The van der Waals surface area contributed by atoms with E-state index in [4.69, 9.17) is 5.11 Å². The van der Waals surface area contributed by atoms with Crippen molar-refractivity contribution in [1.82, 2.24) is 9.03 Å². The van der Waals surface area contributed by atoms with Gasteiger partial charge in [-0.15, -0.1) is 0 Å². The molecule has 0 aromatic rings. The zero-order valence-corrected chi connectivity index (χ0v) is 9.34. The highest BCUT2D eigenvalue weighted by Crippen LogP contribution is 2.00. The average molecular weight is 224 g/mol. The van der Waals surface area contributed by atoms with Crippen LogP contribution < -0.4 is 4.72 Å². The van der Waals surface area contributed by atoms with Crippen LogP contribution in [0.3, 0.4) is 0 Å². The summed E-state index contributed by atoms with van der Waals surface area (Å²) >= 11 is 0. The van der Waals surface area contributed by atoms with Gasteiger partial charge in [0.2, 0.25) is 0 Å². The first-order chi connectivity index (χ1) is 6.27. The molecule has 1 unspecified atom stereocenters. The molecule has 0 aromatic carbocycles. The van der Waals surface area contributed by atoms with Crippen LogP contribution in [0.2, 0.25) is 0 Å². The first-order valence-electron chi connectivity index (χ1n) is 4.17. The summed E-state index contributed by atoms with van der Waals surface area (Å²) in [6.45, 7) is 1.67. The quantitative estimate of drug-likeness (QED) is 0.636. The number of nitrogens with zero attached hydrogens (tertiary/aromatic N) is 1. The summed E-state index contributed by atoms with van der Waals surface area (Å²) < 4.78 is 25.6. The molecule has 0 aliphatic carbocycles. The highest BCUT2D eigenvalue weighted by atomic mass is 32.2. The molecular formula is C7H16N2O4S. The summed E-state index contributed by atoms with van der Waals surface area (Å²) in [4.78, 5) is 10.4. The lowest BCUT2D eigenvalue weighted by molar-refractivity contribution is -0.141. The molecule has 0 aliphatic rings. The Morgan fingerprint density at radius 2 is 2.00 bits per heavy atom. The standard InChI is InChI=1S/C7H16N2O4S/c1-6(7(10)11)4-5-8-14(12,13)9(2)3/h6,8H,4-5H2,1-3H3,(H,10,11). The van der Waals surface area contributed by atoms with Crippen molar-refractivity contribution in [3.63, 3.8) is 0 Å². The fourth-order valence-electron chi connectivity index (χ4n) is 0.657. The molecule has 0 amide bonds. The Kier molecular flexibility index (Phi) is 5.03. The minimum atomic E-state index is -3.43. The molecule has 0 aromatic heterocycles. The van der Waals surface area contributed by atoms with Gasteiger partial charge in [0.25, 0.3) is 10.2 Å². The number of carboxylic acid groups (broad SMARTS) is 1. The van der Waals surface area contributed by atoms with Crippen molar-refractivity contribution in [2.45, 2.75) is 13.3 Å². The lowest BCUT2D eigenvalue weighted by atomic mass is 10.1. The molecule has 0 spiro atoms. The Morgan fingerprint density at radius 1 is 1.50 bits per heavy atom. The van der Waals surface area contributed by atoms with Gasteiger partial charge in [0.15, 0.2) is 0 Å². The van der Waals surface area contributed by atoms with Gasteiger partial charge in [-0.25, -0.2) is 4.72 Å². The molecule has 2 N–H and O–H groups in total. The molecule has 0 saturated heterocycles. The van der Waals surface area contributed by atoms with E-state index in [0.29, 0.717) is 0 Å². The lowest BCUT2D eigenvalue weighted by Gasteiger charge is -2.13. The van der Waals surface area contributed by atoms with Gasteiger partial charge in [-0.1, -0.05) is 6.92 Å². The molecule has 7 heteroatoms. The Hall–Kier alpha value is -0.660. The molecular weight excluding hydrogens is 208 g/mol. The Labute approximate surface area is 84.1 Å².